The first kappa shape index (κ1) is 19.2. The van der Waals surface area contributed by atoms with Gasteiger partial charge in [-0.3, -0.25) is 4.79 Å². The summed E-state index contributed by atoms with van der Waals surface area (Å²) in [5.74, 6) is -0.372. The first-order valence-electron chi connectivity index (χ1n) is 7.40. The van der Waals surface area contributed by atoms with E-state index in [1.165, 1.54) is 18.7 Å². The molecule has 0 aliphatic carbocycles. The van der Waals surface area contributed by atoms with Gasteiger partial charge in [-0.05, 0) is 32.0 Å². The highest BCUT2D eigenvalue weighted by Gasteiger charge is 2.37. The molecule has 132 valence electrons. The third-order valence-electron chi connectivity index (χ3n) is 3.52. The molecule has 1 aromatic carbocycles. The predicted octanol–water partition coefficient (Wildman–Crippen LogP) is 3.75. The maximum atomic E-state index is 11.2. The van der Waals surface area contributed by atoms with E-state index in [4.69, 9.17) is 27.9 Å². The molecule has 1 atom stereocenters. The summed E-state index contributed by atoms with van der Waals surface area (Å²) >= 11 is 13.6. The molecule has 0 aromatic heterocycles. The SMILES string of the molecule is CC(=O)OCC1=C(Sc2cc(Cl)cc(Cl)c2)N(C(C)C)C(O)N1C. The maximum Gasteiger partial charge on any atom is 0.303 e. The highest BCUT2D eigenvalue weighted by atomic mass is 35.5. The predicted molar refractivity (Wildman–Crippen MR) is 96.7 cm³/mol. The molecule has 1 N–H and O–H groups in total. The number of hydrogen-bond acceptors (Lipinski definition) is 6. The van der Waals surface area contributed by atoms with E-state index in [1.54, 1.807) is 30.1 Å². The Morgan fingerprint density at radius 2 is 1.92 bits per heavy atom. The Morgan fingerprint density at radius 3 is 2.42 bits per heavy atom. The zero-order valence-electron chi connectivity index (χ0n) is 13.9. The average Bonchev–Trinajstić information content (AvgIpc) is 2.67. The van der Waals surface area contributed by atoms with Gasteiger partial charge in [-0.2, -0.15) is 0 Å². The van der Waals surface area contributed by atoms with Gasteiger partial charge in [0, 0.05) is 35.0 Å². The molecule has 8 heteroatoms. The van der Waals surface area contributed by atoms with Crippen LogP contribution in [0.3, 0.4) is 0 Å². The van der Waals surface area contributed by atoms with Crippen molar-refractivity contribution in [2.45, 2.75) is 38.1 Å². The van der Waals surface area contributed by atoms with Crippen LogP contribution in [0.4, 0.5) is 0 Å². The van der Waals surface area contributed by atoms with Crippen molar-refractivity contribution in [1.82, 2.24) is 9.80 Å². The van der Waals surface area contributed by atoms with E-state index in [-0.39, 0.29) is 18.6 Å². The van der Waals surface area contributed by atoms with Crippen LogP contribution in [0.25, 0.3) is 0 Å². The molecule has 1 aliphatic heterocycles. The molecule has 0 spiro atoms. The molecule has 1 unspecified atom stereocenters. The Bertz CT molecular complexity index is 646. The normalized spacial score (nSPS) is 17.9. The third kappa shape index (κ3) is 4.30. The second kappa shape index (κ2) is 7.87. The fourth-order valence-corrected chi connectivity index (χ4v) is 4.36. The summed E-state index contributed by atoms with van der Waals surface area (Å²) in [6.07, 6.45) is -0.826. The minimum atomic E-state index is -0.826. The quantitative estimate of drug-likeness (QED) is 0.772. The Kier molecular flexibility index (Phi) is 6.31. The van der Waals surface area contributed by atoms with Gasteiger partial charge in [0.1, 0.15) is 11.6 Å². The molecule has 0 fully saturated rings. The number of aliphatic hydroxyl groups is 1. The van der Waals surface area contributed by atoms with E-state index < -0.39 is 6.35 Å². The number of benzene rings is 1. The lowest BCUT2D eigenvalue weighted by molar-refractivity contribution is -0.140. The van der Waals surface area contributed by atoms with Gasteiger partial charge in [0.15, 0.2) is 0 Å². The minimum absolute atomic E-state index is 0.0504. The van der Waals surface area contributed by atoms with Crippen LogP contribution in [0.5, 0.6) is 0 Å². The molecule has 1 aromatic rings. The van der Waals surface area contributed by atoms with E-state index >= 15 is 0 Å². The first-order chi connectivity index (χ1) is 11.2. The second-order valence-corrected chi connectivity index (χ2v) is 7.63. The van der Waals surface area contributed by atoms with Crippen LogP contribution in [0.1, 0.15) is 20.8 Å². The molecule has 0 bridgehead atoms. The zero-order valence-corrected chi connectivity index (χ0v) is 16.2. The number of rotatable bonds is 5. The Labute approximate surface area is 156 Å². The summed E-state index contributed by atoms with van der Waals surface area (Å²) in [6.45, 7) is 5.41. The molecule has 0 radical (unpaired) electrons. The van der Waals surface area contributed by atoms with Gasteiger partial charge >= 0.3 is 5.97 Å². The number of halogens is 2. The summed E-state index contributed by atoms with van der Waals surface area (Å²) in [6, 6.07) is 5.32. The number of likely N-dealkylation sites (N-methyl/N-ethyl adjacent to an activating group) is 1. The lowest BCUT2D eigenvalue weighted by Gasteiger charge is -2.31. The van der Waals surface area contributed by atoms with Gasteiger partial charge in [-0.1, -0.05) is 35.0 Å². The van der Waals surface area contributed by atoms with Gasteiger partial charge in [0.05, 0.1) is 5.70 Å². The van der Waals surface area contributed by atoms with Crippen molar-refractivity contribution in [3.63, 3.8) is 0 Å². The van der Waals surface area contributed by atoms with Crippen molar-refractivity contribution in [2.24, 2.45) is 0 Å². The molecule has 2 rings (SSSR count). The van der Waals surface area contributed by atoms with E-state index in [0.717, 1.165) is 15.6 Å². The summed E-state index contributed by atoms with van der Waals surface area (Å²) in [5.41, 5.74) is 0.729. The molecule has 1 aliphatic rings. The summed E-state index contributed by atoms with van der Waals surface area (Å²) in [7, 11) is 1.76. The van der Waals surface area contributed by atoms with Crippen molar-refractivity contribution in [1.29, 1.82) is 0 Å². The van der Waals surface area contributed by atoms with Crippen molar-refractivity contribution < 1.29 is 14.6 Å². The summed E-state index contributed by atoms with van der Waals surface area (Å²) in [4.78, 5) is 15.6. The summed E-state index contributed by atoms with van der Waals surface area (Å²) < 4.78 is 5.15. The van der Waals surface area contributed by atoms with E-state index in [9.17, 15) is 9.90 Å². The topological polar surface area (TPSA) is 53.0 Å². The van der Waals surface area contributed by atoms with Crippen LogP contribution < -0.4 is 0 Å². The van der Waals surface area contributed by atoms with Crippen molar-refractivity contribution >= 4 is 40.9 Å². The molecular weight excluding hydrogens is 371 g/mol. The van der Waals surface area contributed by atoms with Gasteiger partial charge in [-0.15, -0.1) is 0 Å². The maximum absolute atomic E-state index is 11.2. The number of ether oxygens (including phenoxy) is 1. The van der Waals surface area contributed by atoms with E-state index in [1.807, 2.05) is 18.7 Å². The second-order valence-electron chi connectivity index (χ2n) is 5.70. The van der Waals surface area contributed by atoms with Crippen LogP contribution in [0.2, 0.25) is 10.0 Å². The lowest BCUT2D eigenvalue weighted by Crippen LogP contribution is -2.41. The van der Waals surface area contributed by atoms with Crippen molar-refractivity contribution in [2.75, 3.05) is 13.7 Å². The van der Waals surface area contributed by atoms with Gasteiger partial charge in [0.25, 0.3) is 0 Å². The molecule has 1 heterocycles. The Hall–Kier alpha value is -1.08. The molecule has 0 amide bonds. The van der Waals surface area contributed by atoms with Crippen LogP contribution in [-0.4, -0.2) is 46.9 Å². The monoisotopic (exact) mass is 390 g/mol. The largest absolute Gasteiger partial charge is 0.459 e. The first-order valence-corrected chi connectivity index (χ1v) is 8.97. The van der Waals surface area contributed by atoms with Crippen LogP contribution in [0, 0.1) is 0 Å². The zero-order chi connectivity index (χ0) is 18.0. The third-order valence-corrected chi connectivity index (χ3v) is 5.07. The van der Waals surface area contributed by atoms with Crippen LogP contribution >= 0.6 is 35.0 Å². The van der Waals surface area contributed by atoms with Crippen LogP contribution in [0.15, 0.2) is 33.8 Å². The highest BCUT2D eigenvalue weighted by molar-refractivity contribution is 8.03. The van der Waals surface area contributed by atoms with Gasteiger partial charge in [-0.25, -0.2) is 0 Å². The lowest BCUT2D eigenvalue weighted by atomic mass is 10.3. The Morgan fingerprint density at radius 1 is 1.33 bits per heavy atom. The number of aliphatic hydroxyl groups excluding tert-OH is 1. The highest BCUT2D eigenvalue weighted by Crippen LogP contribution is 2.41. The number of nitrogens with zero attached hydrogens (tertiary/aromatic N) is 2. The van der Waals surface area contributed by atoms with E-state index in [0.29, 0.717) is 10.0 Å². The van der Waals surface area contributed by atoms with E-state index in [2.05, 4.69) is 0 Å². The number of carbonyl (C=O) groups is 1. The van der Waals surface area contributed by atoms with Crippen molar-refractivity contribution in [3.05, 3.63) is 39.0 Å². The van der Waals surface area contributed by atoms with Gasteiger partial charge < -0.3 is 19.6 Å². The minimum Gasteiger partial charge on any atom is -0.459 e. The number of carbonyl (C=O) groups excluding carboxylic acids is 1. The average molecular weight is 391 g/mol. The molecular formula is C16H20Cl2N2O3S. The molecule has 0 saturated heterocycles. The number of hydrogen-bond donors (Lipinski definition) is 1. The Balaban J connectivity index is 2.40. The van der Waals surface area contributed by atoms with Crippen molar-refractivity contribution in [3.8, 4) is 0 Å². The smallest absolute Gasteiger partial charge is 0.303 e. The molecule has 24 heavy (non-hydrogen) atoms. The number of esters is 1. The molecule has 0 saturated carbocycles. The number of thioether (sulfide) groups is 1. The standard InChI is InChI=1S/C16H20Cl2N2O3S/c1-9(2)20-15(24-13-6-11(17)5-12(18)7-13)14(8-23-10(3)21)19(4)16(20)22/h5-7,9,16,22H,8H2,1-4H3. The fourth-order valence-electron chi connectivity index (χ4n) is 2.38. The fraction of sp³-hybridized carbons (Fsp3) is 0.438. The molecule has 5 nitrogen and oxygen atoms in total. The van der Waals surface area contributed by atoms with Crippen LogP contribution in [-0.2, 0) is 9.53 Å². The van der Waals surface area contributed by atoms with Gasteiger partial charge in [0.2, 0.25) is 6.35 Å². The summed E-state index contributed by atoms with van der Waals surface area (Å²) in [5, 5.41) is 12.4.